The Morgan fingerprint density at radius 1 is 1.09 bits per heavy atom. The molecule has 1 N–H and O–H groups in total. The molecule has 1 atom stereocenters. The van der Waals surface area contributed by atoms with Crippen LogP contribution in [0.1, 0.15) is 42.1 Å². The number of carbonyl (C=O) groups is 2. The van der Waals surface area contributed by atoms with Gasteiger partial charge in [-0.3, -0.25) is 9.59 Å². The Hall–Kier alpha value is -2.83. The van der Waals surface area contributed by atoms with Gasteiger partial charge in [-0.1, -0.05) is 37.6 Å². The van der Waals surface area contributed by atoms with Crippen LogP contribution in [-0.2, 0) is 9.59 Å². The van der Waals surface area contributed by atoms with E-state index in [1.807, 2.05) is 19.9 Å². The van der Waals surface area contributed by atoms with Crippen molar-refractivity contribution in [1.29, 1.82) is 0 Å². The van der Waals surface area contributed by atoms with Gasteiger partial charge in [-0.05, 0) is 67.9 Å². The van der Waals surface area contributed by atoms with Gasteiger partial charge in [0.05, 0.1) is 18.7 Å². The lowest BCUT2D eigenvalue weighted by Gasteiger charge is -2.28. The lowest BCUT2D eigenvalue weighted by molar-refractivity contribution is -0.140. The Bertz CT molecular complexity index is 1070. The molecule has 1 saturated heterocycles. The van der Waals surface area contributed by atoms with Crippen LogP contribution in [0.25, 0.3) is 5.76 Å². The van der Waals surface area contributed by atoms with Crippen molar-refractivity contribution in [2.45, 2.75) is 33.7 Å². The summed E-state index contributed by atoms with van der Waals surface area (Å²) < 4.78 is 5.37. The van der Waals surface area contributed by atoms with Gasteiger partial charge < -0.3 is 19.6 Å². The number of methoxy groups -OCH3 is 1. The van der Waals surface area contributed by atoms with Gasteiger partial charge in [0.2, 0.25) is 0 Å². The van der Waals surface area contributed by atoms with E-state index in [0.717, 1.165) is 29.8 Å². The number of amides is 1. The van der Waals surface area contributed by atoms with Gasteiger partial charge in [-0.25, -0.2) is 0 Å². The summed E-state index contributed by atoms with van der Waals surface area (Å²) in [6.45, 7) is 10.5. The zero-order valence-corrected chi connectivity index (χ0v) is 20.6. The van der Waals surface area contributed by atoms with Crippen molar-refractivity contribution < 1.29 is 19.4 Å². The second-order valence-corrected chi connectivity index (χ2v) is 8.64. The summed E-state index contributed by atoms with van der Waals surface area (Å²) in [6.07, 6.45) is 0. The molecule has 2 aromatic carbocycles. The topological polar surface area (TPSA) is 70.1 Å². The number of carbonyl (C=O) groups excluding carboxylic acids is 2. The number of aryl methyl sites for hydroxylation is 2. The van der Waals surface area contributed by atoms with Crippen LogP contribution in [0.15, 0.2) is 42.0 Å². The van der Waals surface area contributed by atoms with Gasteiger partial charge >= 0.3 is 0 Å². The van der Waals surface area contributed by atoms with E-state index in [2.05, 4.69) is 18.7 Å². The van der Waals surface area contributed by atoms with Crippen LogP contribution in [0.2, 0.25) is 5.02 Å². The molecule has 1 aliphatic rings. The molecular formula is C26H31ClN2O4. The van der Waals surface area contributed by atoms with Gasteiger partial charge in [0, 0.05) is 23.7 Å². The number of likely N-dealkylation sites (N-methyl/N-ethyl adjacent to an activating group) is 1. The number of halogens is 1. The van der Waals surface area contributed by atoms with Gasteiger partial charge in [0.25, 0.3) is 11.7 Å². The molecule has 6 nitrogen and oxygen atoms in total. The quantitative estimate of drug-likeness (QED) is 0.343. The van der Waals surface area contributed by atoms with E-state index in [1.54, 1.807) is 42.3 Å². The summed E-state index contributed by atoms with van der Waals surface area (Å²) >= 11 is 6.09. The Balaban J connectivity index is 2.15. The SMILES string of the molecule is CCN(CC)CCN1C(=O)C(=O)/C(=C(/O)c2cc(C)c(OC)cc2C)C1c1ccc(Cl)cc1. The van der Waals surface area contributed by atoms with Crippen molar-refractivity contribution in [3.05, 3.63) is 69.2 Å². The molecule has 0 aromatic heterocycles. The number of ketones is 1. The predicted molar refractivity (Wildman–Crippen MR) is 131 cm³/mol. The van der Waals surface area contributed by atoms with Gasteiger partial charge in [-0.15, -0.1) is 0 Å². The van der Waals surface area contributed by atoms with E-state index in [0.29, 0.717) is 29.4 Å². The molecule has 3 rings (SSSR count). The van der Waals surface area contributed by atoms with Crippen LogP contribution >= 0.6 is 11.6 Å². The largest absolute Gasteiger partial charge is 0.507 e. The highest BCUT2D eigenvalue weighted by atomic mass is 35.5. The zero-order chi connectivity index (χ0) is 24.3. The molecule has 33 heavy (non-hydrogen) atoms. The Morgan fingerprint density at radius 3 is 2.30 bits per heavy atom. The van der Waals surface area contributed by atoms with Crippen LogP contribution in [0, 0.1) is 13.8 Å². The minimum atomic E-state index is -0.695. The zero-order valence-electron chi connectivity index (χ0n) is 19.8. The number of nitrogens with zero attached hydrogens (tertiary/aromatic N) is 2. The molecule has 1 amide bonds. The van der Waals surface area contributed by atoms with Crippen LogP contribution < -0.4 is 4.74 Å². The minimum Gasteiger partial charge on any atom is -0.507 e. The van der Waals surface area contributed by atoms with Crippen molar-refractivity contribution in [1.82, 2.24) is 9.80 Å². The maximum atomic E-state index is 13.2. The predicted octanol–water partition coefficient (Wildman–Crippen LogP) is 4.73. The molecule has 2 aromatic rings. The van der Waals surface area contributed by atoms with E-state index < -0.39 is 17.7 Å². The molecule has 1 unspecified atom stereocenters. The van der Waals surface area contributed by atoms with Crippen molar-refractivity contribution in [3.8, 4) is 5.75 Å². The molecule has 7 heteroatoms. The summed E-state index contributed by atoms with van der Waals surface area (Å²) in [4.78, 5) is 30.1. The second kappa shape index (κ2) is 10.4. The Morgan fingerprint density at radius 2 is 1.73 bits per heavy atom. The number of hydrogen-bond acceptors (Lipinski definition) is 5. The monoisotopic (exact) mass is 470 g/mol. The number of hydrogen-bond donors (Lipinski definition) is 1. The van der Waals surface area contributed by atoms with Crippen LogP contribution in [-0.4, -0.2) is 59.9 Å². The molecule has 1 heterocycles. The van der Waals surface area contributed by atoms with E-state index in [-0.39, 0.29) is 11.3 Å². The number of rotatable bonds is 8. The van der Waals surface area contributed by atoms with E-state index >= 15 is 0 Å². The van der Waals surface area contributed by atoms with E-state index in [9.17, 15) is 14.7 Å². The molecule has 0 radical (unpaired) electrons. The highest BCUT2D eigenvalue weighted by molar-refractivity contribution is 6.46. The lowest BCUT2D eigenvalue weighted by Crippen LogP contribution is -2.38. The first-order valence-corrected chi connectivity index (χ1v) is 11.5. The molecule has 1 fully saturated rings. The number of aliphatic hydroxyl groups is 1. The molecule has 0 aliphatic carbocycles. The third kappa shape index (κ3) is 4.92. The van der Waals surface area contributed by atoms with Gasteiger partial charge in [0.15, 0.2) is 0 Å². The summed E-state index contributed by atoms with van der Waals surface area (Å²) in [5.74, 6) is -0.772. The Kier molecular flexibility index (Phi) is 7.82. The molecule has 0 saturated carbocycles. The van der Waals surface area contributed by atoms with Gasteiger partial charge in [0.1, 0.15) is 11.5 Å². The van der Waals surface area contributed by atoms with E-state index in [1.165, 1.54) is 0 Å². The third-order valence-corrected chi connectivity index (χ3v) is 6.53. The number of likely N-dealkylation sites (tertiary alicyclic amines) is 1. The first-order chi connectivity index (χ1) is 15.7. The molecular weight excluding hydrogens is 440 g/mol. The third-order valence-electron chi connectivity index (χ3n) is 6.27. The average Bonchev–Trinajstić information content (AvgIpc) is 3.06. The van der Waals surface area contributed by atoms with Crippen LogP contribution in [0.4, 0.5) is 0 Å². The lowest BCUT2D eigenvalue weighted by atomic mass is 9.93. The molecule has 0 bridgehead atoms. The average molecular weight is 471 g/mol. The van der Waals surface area contributed by atoms with E-state index in [4.69, 9.17) is 16.3 Å². The molecule has 176 valence electrons. The number of benzene rings is 2. The van der Waals surface area contributed by atoms with Crippen molar-refractivity contribution in [2.24, 2.45) is 0 Å². The van der Waals surface area contributed by atoms with Crippen molar-refractivity contribution in [3.63, 3.8) is 0 Å². The van der Waals surface area contributed by atoms with Gasteiger partial charge in [-0.2, -0.15) is 0 Å². The summed E-state index contributed by atoms with van der Waals surface area (Å²) in [5.41, 5.74) is 2.90. The fraction of sp³-hybridized carbons (Fsp3) is 0.385. The number of Topliss-reactive ketones (excluding diaryl/α,β-unsaturated/α-hetero) is 1. The summed E-state index contributed by atoms with van der Waals surface area (Å²) in [5, 5.41) is 11.9. The number of aliphatic hydroxyl groups excluding tert-OH is 1. The van der Waals surface area contributed by atoms with Crippen molar-refractivity contribution >= 4 is 29.1 Å². The minimum absolute atomic E-state index is 0.0922. The van der Waals surface area contributed by atoms with Crippen LogP contribution in [0.5, 0.6) is 5.75 Å². The summed E-state index contributed by atoms with van der Waals surface area (Å²) in [7, 11) is 1.59. The van der Waals surface area contributed by atoms with Crippen LogP contribution in [0.3, 0.4) is 0 Å². The fourth-order valence-electron chi connectivity index (χ4n) is 4.30. The maximum Gasteiger partial charge on any atom is 0.295 e. The Labute approximate surface area is 200 Å². The highest BCUT2D eigenvalue weighted by Crippen LogP contribution is 2.40. The summed E-state index contributed by atoms with van der Waals surface area (Å²) in [6, 6.07) is 9.95. The molecule has 1 aliphatic heterocycles. The van der Waals surface area contributed by atoms with Crippen molar-refractivity contribution in [2.75, 3.05) is 33.3 Å². The second-order valence-electron chi connectivity index (χ2n) is 8.21. The normalized spacial score (nSPS) is 17.8. The highest BCUT2D eigenvalue weighted by Gasteiger charge is 2.46. The smallest absolute Gasteiger partial charge is 0.295 e. The number of ether oxygens (including phenoxy) is 1. The standard InChI is InChI=1S/C26H31ClN2O4/c1-6-28(7-2)12-13-29-23(18-8-10-19(27)11-9-18)22(25(31)26(29)32)24(30)20-14-17(4)21(33-5)15-16(20)3/h8-11,14-15,23,30H,6-7,12-13H2,1-5H3/b24-22+. The maximum absolute atomic E-state index is 13.2. The molecule has 0 spiro atoms. The fourth-order valence-corrected chi connectivity index (χ4v) is 4.43. The first kappa shape index (κ1) is 24.8. The first-order valence-electron chi connectivity index (χ1n) is 11.1.